The van der Waals surface area contributed by atoms with Gasteiger partial charge in [-0.1, -0.05) is 121 Å². The molecule has 0 bridgehead atoms. The summed E-state index contributed by atoms with van der Waals surface area (Å²) < 4.78 is 0. The van der Waals surface area contributed by atoms with E-state index in [1.54, 1.807) is 6.08 Å². The van der Waals surface area contributed by atoms with Crippen molar-refractivity contribution in [2.75, 3.05) is 0 Å². The summed E-state index contributed by atoms with van der Waals surface area (Å²) in [7, 11) is 0. The highest BCUT2D eigenvalue weighted by Gasteiger charge is 2.26. The van der Waals surface area contributed by atoms with Crippen LogP contribution >= 0.6 is 0 Å². The molecule has 0 spiro atoms. The van der Waals surface area contributed by atoms with E-state index >= 15 is 0 Å². The van der Waals surface area contributed by atoms with Crippen molar-refractivity contribution < 1.29 is 4.79 Å². The number of carbonyl (C=O) groups is 1. The minimum Gasteiger partial charge on any atom is -0.398 e. The lowest BCUT2D eigenvalue weighted by molar-refractivity contribution is -0.120. The fourth-order valence-electron chi connectivity index (χ4n) is 4.12. The van der Waals surface area contributed by atoms with E-state index in [4.69, 9.17) is 5.73 Å². The summed E-state index contributed by atoms with van der Waals surface area (Å²) in [6.07, 6.45) is 2.21. The van der Waals surface area contributed by atoms with Gasteiger partial charge in [0.25, 0.3) is 0 Å². The van der Waals surface area contributed by atoms with Gasteiger partial charge in [0, 0.05) is 24.9 Å². The van der Waals surface area contributed by atoms with Crippen LogP contribution in [0.25, 0.3) is 5.70 Å². The van der Waals surface area contributed by atoms with Gasteiger partial charge in [0.2, 0.25) is 0 Å². The Kier molecular flexibility index (Phi) is 8.04. The van der Waals surface area contributed by atoms with E-state index < -0.39 is 0 Å². The van der Waals surface area contributed by atoms with E-state index in [2.05, 4.69) is 41.3 Å². The van der Waals surface area contributed by atoms with Gasteiger partial charge in [-0.3, -0.25) is 9.69 Å². The summed E-state index contributed by atoms with van der Waals surface area (Å²) in [5.74, 6) is 0.0112. The summed E-state index contributed by atoms with van der Waals surface area (Å²) in [6, 6.07) is 40.1. The van der Waals surface area contributed by atoms with Gasteiger partial charge in [0.05, 0.1) is 6.04 Å². The maximum atomic E-state index is 13.8. The molecule has 3 nitrogen and oxygen atoms in total. The van der Waals surface area contributed by atoms with E-state index in [1.807, 2.05) is 84.9 Å². The molecule has 34 heavy (non-hydrogen) atoms. The molecule has 0 aliphatic carbocycles. The van der Waals surface area contributed by atoms with Crippen LogP contribution < -0.4 is 5.73 Å². The zero-order chi connectivity index (χ0) is 23.6. The Morgan fingerprint density at radius 2 is 1.06 bits per heavy atom. The zero-order valence-corrected chi connectivity index (χ0v) is 19.3. The van der Waals surface area contributed by atoms with Crippen molar-refractivity contribution in [3.05, 3.63) is 150 Å². The lowest BCUT2D eigenvalue weighted by Crippen LogP contribution is -2.41. The van der Waals surface area contributed by atoms with Crippen LogP contribution in [0.4, 0.5) is 0 Å². The molecule has 4 aromatic rings. The summed E-state index contributed by atoms with van der Waals surface area (Å²) in [6.45, 7) is 1.33. The van der Waals surface area contributed by atoms with Crippen LogP contribution in [-0.2, 0) is 24.3 Å². The van der Waals surface area contributed by atoms with Gasteiger partial charge in [-0.05, 0) is 28.7 Å². The SMILES string of the molecule is N/C(=C\C(=O)C(Cc1ccccc1)N(Cc1ccccc1)Cc1ccccc1)c1ccccc1. The first kappa shape index (κ1) is 23.2. The van der Waals surface area contributed by atoms with Crippen LogP contribution in [-0.4, -0.2) is 16.7 Å². The van der Waals surface area contributed by atoms with Gasteiger partial charge in [0.15, 0.2) is 5.78 Å². The number of rotatable bonds is 10. The highest BCUT2D eigenvalue weighted by Crippen LogP contribution is 2.19. The minimum atomic E-state index is -0.356. The molecule has 4 aromatic carbocycles. The topological polar surface area (TPSA) is 46.3 Å². The number of hydrogen-bond donors (Lipinski definition) is 1. The minimum absolute atomic E-state index is 0.0112. The van der Waals surface area contributed by atoms with Crippen LogP contribution in [0.15, 0.2) is 127 Å². The van der Waals surface area contributed by atoms with E-state index in [9.17, 15) is 4.79 Å². The Morgan fingerprint density at radius 1 is 0.647 bits per heavy atom. The molecule has 1 unspecified atom stereocenters. The van der Waals surface area contributed by atoms with Crippen molar-refractivity contribution in [2.45, 2.75) is 25.6 Å². The maximum absolute atomic E-state index is 13.8. The van der Waals surface area contributed by atoms with E-state index in [0.717, 1.165) is 11.1 Å². The van der Waals surface area contributed by atoms with Crippen molar-refractivity contribution in [3.63, 3.8) is 0 Å². The summed E-state index contributed by atoms with van der Waals surface area (Å²) in [5.41, 5.74) is 11.2. The van der Waals surface area contributed by atoms with Crippen molar-refractivity contribution in [2.24, 2.45) is 5.73 Å². The van der Waals surface area contributed by atoms with Crippen LogP contribution in [0.2, 0.25) is 0 Å². The molecule has 170 valence electrons. The fourth-order valence-corrected chi connectivity index (χ4v) is 4.12. The van der Waals surface area contributed by atoms with E-state index in [1.165, 1.54) is 11.1 Å². The molecule has 0 heterocycles. The van der Waals surface area contributed by atoms with Crippen molar-refractivity contribution in [3.8, 4) is 0 Å². The molecule has 1 atom stereocenters. The average Bonchev–Trinajstić information content (AvgIpc) is 2.89. The largest absolute Gasteiger partial charge is 0.398 e. The normalized spacial score (nSPS) is 12.4. The molecule has 0 saturated carbocycles. The van der Waals surface area contributed by atoms with Crippen molar-refractivity contribution in [1.29, 1.82) is 0 Å². The summed E-state index contributed by atoms with van der Waals surface area (Å²) in [4.78, 5) is 16.0. The average molecular weight is 447 g/mol. The molecular weight excluding hydrogens is 416 g/mol. The fraction of sp³-hybridized carbons (Fsp3) is 0.129. The van der Waals surface area contributed by atoms with Gasteiger partial charge in [-0.25, -0.2) is 0 Å². The predicted octanol–water partition coefficient (Wildman–Crippen LogP) is 5.87. The predicted molar refractivity (Wildman–Crippen MR) is 140 cm³/mol. The molecular formula is C31H30N2O. The first-order valence-corrected chi connectivity index (χ1v) is 11.6. The highest BCUT2D eigenvalue weighted by atomic mass is 16.1. The molecule has 0 aromatic heterocycles. The smallest absolute Gasteiger partial charge is 0.175 e. The third kappa shape index (κ3) is 6.53. The molecule has 4 rings (SSSR count). The number of ketones is 1. The zero-order valence-electron chi connectivity index (χ0n) is 19.3. The quantitative estimate of drug-likeness (QED) is 0.310. The number of carbonyl (C=O) groups excluding carboxylic acids is 1. The third-order valence-corrected chi connectivity index (χ3v) is 5.90. The van der Waals surface area contributed by atoms with Gasteiger partial charge in [0.1, 0.15) is 0 Å². The van der Waals surface area contributed by atoms with Crippen LogP contribution in [0, 0.1) is 0 Å². The van der Waals surface area contributed by atoms with Gasteiger partial charge in [-0.15, -0.1) is 0 Å². The summed E-state index contributed by atoms with van der Waals surface area (Å²) in [5, 5.41) is 0. The van der Waals surface area contributed by atoms with Crippen LogP contribution in [0.3, 0.4) is 0 Å². The first-order valence-electron chi connectivity index (χ1n) is 11.6. The summed E-state index contributed by atoms with van der Waals surface area (Å²) >= 11 is 0. The molecule has 0 aliphatic rings. The molecule has 0 saturated heterocycles. The molecule has 0 amide bonds. The molecule has 0 fully saturated rings. The van der Waals surface area contributed by atoms with Crippen LogP contribution in [0.5, 0.6) is 0 Å². The second kappa shape index (κ2) is 11.8. The van der Waals surface area contributed by atoms with Gasteiger partial charge < -0.3 is 5.73 Å². The standard InChI is InChI=1S/C31H30N2O/c32-29(28-19-11-4-12-20-28)22-31(34)30(21-25-13-5-1-6-14-25)33(23-26-15-7-2-8-16-26)24-27-17-9-3-10-18-27/h1-20,22,30H,21,23-24,32H2/b29-22-. The van der Waals surface area contributed by atoms with Gasteiger partial charge in [-0.2, -0.15) is 0 Å². The van der Waals surface area contributed by atoms with Crippen LogP contribution in [0.1, 0.15) is 22.3 Å². The lowest BCUT2D eigenvalue weighted by Gasteiger charge is -2.31. The third-order valence-electron chi connectivity index (χ3n) is 5.90. The van der Waals surface area contributed by atoms with E-state index in [-0.39, 0.29) is 11.8 Å². The second-order valence-corrected chi connectivity index (χ2v) is 8.45. The number of hydrogen-bond acceptors (Lipinski definition) is 3. The highest BCUT2D eigenvalue weighted by molar-refractivity contribution is 6.00. The molecule has 0 aliphatic heterocycles. The Balaban J connectivity index is 1.69. The Hall–Kier alpha value is -3.95. The lowest BCUT2D eigenvalue weighted by atomic mass is 9.97. The Morgan fingerprint density at radius 3 is 1.53 bits per heavy atom. The monoisotopic (exact) mass is 446 g/mol. The molecule has 2 N–H and O–H groups in total. The van der Waals surface area contributed by atoms with Crippen molar-refractivity contribution >= 4 is 11.5 Å². The first-order chi connectivity index (χ1) is 16.7. The van der Waals surface area contributed by atoms with Crippen molar-refractivity contribution in [1.82, 2.24) is 4.90 Å². The van der Waals surface area contributed by atoms with Gasteiger partial charge >= 0.3 is 0 Å². The Bertz CT molecular complexity index is 1150. The number of nitrogens with two attached hydrogens (primary N) is 1. The number of benzene rings is 4. The molecule has 0 radical (unpaired) electrons. The van der Waals surface area contributed by atoms with E-state index in [0.29, 0.717) is 25.2 Å². The Labute approximate surface area is 202 Å². The maximum Gasteiger partial charge on any atom is 0.175 e. The second-order valence-electron chi connectivity index (χ2n) is 8.45. The number of nitrogens with zero attached hydrogens (tertiary/aromatic N) is 1. The molecule has 3 heteroatoms.